The summed E-state index contributed by atoms with van der Waals surface area (Å²) in [4.78, 5) is 0. The van der Waals surface area contributed by atoms with E-state index in [1.54, 1.807) is 0 Å². The average Bonchev–Trinajstić information content (AvgIpc) is 1.80. The zero-order valence-corrected chi connectivity index (χ0v) is 9.20. The predicted octanol–water partition coefficient (Wildman–Crippen LogP) is 2.95. The van der Waals surface area contributed by atoms with Gasteiger partial charge in [-0.05, 0) is 46.5 Å². The van der Waals surface area contributed by atoms with Crippen molar-refractivity contribution in [1.82, 2.24) is 5.32 Å². The van der Waals surface area contributed by atoms with E-state index >= 15 is 0 Å². The SMILES string of the molecule is CCC1CC(C)(C)NC(C)(C)C1. The average molecular weight is 169 g/mol. The van der Waals surface area contributed by atoms with E-state index in [4.69, 9.17) is 0 Å². The minimum Gasteiger partial charge on any atom is -0.307 e. The van der Waals surface area contributed by atoms with E-state index in [1.165, 1.54) is 19.3 Å². The molecule has 0 spiro atoms. The van der Waals surface area contributed by atoms with Crippen LogP contribution in [0.2, 0.25) is 0 Å². The van der Waals surface area contributed by atoms with Crippen LogP contribution in [-0.4, -0.2) is 11.1 Å². The molecule has 1 heteroatoms. The summed E-state index contributed by atoms with van der Waals surface area (Å²) < 4.78 is 0. The Morgan fingerprint density at radius 1 is 1.08 bits per heavy atom. The van der Waals surface area contributed by atoms with Gasteiger partial charge < -0.3 is 5.32 Å². The maximum Gasteiger partial charge on any atom is 0.0132 e. The van der Waals surface area contributed by atoms with Crippen LogP contribution < -0.4 is 5.32 Å². The molecule has 72 valence electrons. The van der Waals surface area contributed by atoms with Crippen molar-refractivity contribution in [3.05, 3.63) is 0 Å². The highest BCUT2D eigenvalue weighted by molar-refractivity contribution is 4.96. The molecule has 1 rings (SSSR count). The molecule has 0 aromatic rings. The van der Waals surface area contributed by atoms with Gasteiger partial charge in [-0.15, -0.1) is 0 Å². The molecule has 1 N–H and O–H groups in total. The lowest BCUT2D eigenvalue weighted by Gasteiger charge is -2.46. The van der Waals surface area contributed by atoms with Crippen molar-refractivity contribution < 1.29 is 0 Å². The summed E-state index contributed by atoms with van der Waals surface area (Å²) in [6.07, 6.45) is 3.98. The van der Waals surface area contributed by atoms with Crippen LogP contribution in [0.25, 0.3) is 0 Å². The normalized spacial score (nSPS) is 28.8. The van der Waals surface area contributed by atoms with Gasteiger partial charge in [-0.1, -0.05) is 13.3 Å². The molecule has 0 radical (unpaired) electrons. The van der Waals surface area contributed by atoms with Crippen LogP contribution in [0.3, 0.4) is 0 Å². The van der Waals surface area contributed by atoms with Crippen molar-refractivity contribution >= 4 is 0 Å². The monoisotopic (exact) mass is 169 g/mol. The molecular weight excluding hydrogens is 146 g/mol. The Kier molecular flexibility index (Phi) is 2.53. The van der Waals surface area contributed by atoms with Gasteiger partial charge in [0.1, 0.15) is 0 Å². The molecule has 1 heterocycles. The van der Waals surface area contributed by atoms with E-state index in [1.807, 2.05) is 0 Å². The number of hydrogen-bond donors (Lipinski definition) is 1. The maximum atomic E-state index is 3.70. The van der Waals surface area contributed by atoms with Gasteiger partial charge >= 0.3 is 0 Å². The largest absolute Gasteiger partial charge is 0.307 e. The quantitative estimate of drug-likeness (QED) is 0.636. The smallest absolute Gasteiger partial charge is 0.0132 e. The van der Waals surface area contributed by atoms with Crippen LogP contribution >= 0.6 is 0 Å². The van der Waals surface area contributed by atoms with Crippen molar-refractivity contribution in [2.24, 2.45) is 5.92 Å². The zero-order chi connectivity index (χ0) is 9.41. The molecule has 1 aliphatic heterocycles. The second-order valence-electron chi connectivity index (χ2n) is 5.58. The first-order valence-corrected chi connectivity index (χ1v) is 5.14. The van der Waals surface area contributed by atoms with Crippen LogP contribution in [0.1, 0.15) is 53.9 Å². The second kappa shape index (κ2) is 3.02. The molecule has 12 heavy (non-hydrogen) atoms. The molecule has 0 amide bonds. The Balaban J connectivity index is 2.66. The van der Waals surface area contributed by atoms with Crippen molar-refractivity contribution in [2.75, 3.05) is 0 Å². The van der Waals surface area contributed by atoms with Crippen LogP contribution in [0.4, 0.5) is 0 Å². The van der Waals surface area contributed by atoms with Crippen molar-refractivity contribution in [1.29, 1.82) is 0 Å². The van der Waals surface area contributed by atoms with Gasteiger partial charge in [-0.2, -0.15) is 0 Å². The summed E-state index contributed by atoms with van der Waals surface area (Å²) in [6.45, 7) is 11.6. The molecular formula is C11H23N. The van der Waals surface area contributed by atoms with Crippen molar-refractivity contribution in [3.63, 3.8) is 0 Å². The lowest BCUT2D eigenvalue weighted by Crippen LogP contribution is -2.57. The fourth-order valence-corrected chi connectivity index (χ4v) is 2.82. The second-order valence-corrected chi connectivity index (χ2v) is 5.58. The topological polar surface area (TPSA) is 12.0 Å². The van der Waals surface area contributed by atoms with E-state index in [2.05, 4.69) is 39.9 Å². The van der Waals surface area contributed by atoms with E-state index in [9.17, 15) is 0 Å². The fraction of sp³-hybridized carbons (Fsp3) is 1.00. The van der Waals surface area contributed by atoms with Crippen LogP contribution in [0, 0.1) is 5.92 Å². The standard InChI is InChI=1S/C11H23N/c1-6-9-7-10(2,3)12-11(4,5)8-9/h9,12H,6-8H2,1-5H3. The first-order valence-electron chi connectivity index (χ1n) is 5.14. The van der Waals surface area contributed by atoms with Crippen molar-refractivity contribution in [2.45, 2.75) is 65.0 Å². The molecule has 0 aromatic carbocycles. The molecule has 1 aliphatic rings. The molecule has 1 nitrogen and oxygen atoms in total. The first kappa shape index (κ1) is 10.0. The highest BCUT2D eigenvalue weighted by Gasteiger charge is 2.36. The fourth-order valence-electron chi connectivity index (χ4n) is 2.82. The molecule has 1 saturated heterocycles. The molecule has 0 unspecified atom stereocenters. The number of hydrogen-bond acceptors (Lipinski definition) is 1. The van der Waals surface area contributed by atoms with Gasteiger partial charge in [0.2, 0.25) is 0 Å². The van der Waals surface area contributed by atoms with Gasteiger partial charge in [0.25, 0.3) is 0 Å². The van der Waals surface area contributed by atoms with Gasteiger partial charge in [0.15, 0.2) is 0 Å². The van der Waals surface area contributed by atoms with Crippen LogP contribution in [0.15, 0.2) is 0 Å². The Morgan fingerprint density at radius 2 is 1.50 bits per heavy atom. The molecule has 0 saturated carbocycles. The summed E-state index contributed by atoms with van der Waals surface area (Å²) >= 11 is 0. The lowest BCUT2D eigenvalue weighted by atomic mass is 9.75. The van der Waals surface area contributed by atoms with Crippen molar-refractivity contribution in [3.8, 4) is 0 Å². The predicted molar refractivity (Wildman–Crippen MR) is 54.3 cm³/mol. The van der Waals surface area contributed by atoms with Gasteiger partial charge in [0, 0.05) is 11.1 Å². The third kappa shape index (κ3) is 2.48. The third-order valence-electron chi connectivity index (χ3n) is 2.85. The first-order chi connectivity index (χ1) is 5.35. The third-order valence-corrected chi connectivity index (χ3v) is 2.85. The summed E-state index contributed by atoms with van der Waals surface area (Å²) in [7, 11) is 0. The Bertz CT molecular complexity index is 142. The van der Waals surface area contributed by atoms with Gasteiger partial charge in [-0.3, -0.25) is 0 Å². The minimum atomic E-state index is 0.336. The van der Waals surface area contributed by atoms with Gasteiger partial charge in [-0.25, -0.2) is 0 Å². The van der Waals surface area contributed by atoms with Gasteiger partial charge in [0.05, 0.1) is 0 Å². The summed E-state index contributed by atoms with van der Waals surface area (Å²) in [5.74, 6) is 0.913. The molecule has 0 bridgehead atoms. The highest BCUT2D eigenvalue weighted by atomic mass is 15.0. The molecule has 0 aromatic heterocycles. The number of nitrogens with one attached hydrogen (secondary N) is 1. The molecule has 0 aliphatic carbocycles. The Labute approximate surface area is 76.9 Å². The Hall–Kier alpha value is -0.0400. The van der Waals surface area contributed by atoms with E-state index in [0.29, 0.717) is 11.1 Å². The minimum absolute atomic E-state index is 0.336. The van der Waals surface area contributed by atoms with E-state index in [0.717, 1.165) is 5.92 Å². The Morgan fingerprint density at radius 3 is 1.83 bits per heavy atom. The highest BCUT2D eigenvalue weighted by Crippen LogP contribution is 2.34. The summed E-state index contributed by atoms with van der Waals surface area (Å²) in [5.41, 5.74) is 0.671. The summed E-state index contributed by atoms with van der Waals surface area (Å²) in [5, 5.41) is 3.70. The van der Waals surface area contributed by atoms with E-state index < -0.39 is 0 Å². The maximum absolute atomic E-state index is 3.70. The lowest BCUT2D eigenvalue weighted by molar-refractivity contribution is 0.126. The van der Waals surface area contributed by atoms with E-state index in [-0.39, 0.29) is 0 Å². The molecule has 0 atom stereocenters. The number of piperidine rings is 1. The zero-order valence-electron chi connectivity index (χ0n) is 9.20. The van der Waals surface area contributed by atoms with Crippen LogP contribution in [-0.2, 0) is 0 Å². The summed E-state index contributed by atoms with van der Waals surface area (Å²) in [6, 6.07) is 0. The number of rotatable bonds is 1. The molecule has 1 fully saturated rings. The van der Waals surface area contributed by atoms with Crippen LogP contribution in [0.5, 0.6) is 0 Å².